The van der Waals surface area contributed by atoms with Gasteiger partial charge in [0.05, 0.1) is 23.7 Å². The SMILES string of the molecule is Cc1nn(-c2ccc(Cl)cc2)c(C)c1CC(=O)NCC(CC(C)C)C(=O)O. The van der Waals surface area contributed by atoms with Gasteiger partial charge in [0, 0.05) is 22.8 Å². The highest BCUT2D eigenvalue weighted by Crippen LogP contribution is 2.20. The topological polar surface area (TPSA) is 84.2 Å². The Hall–Kier alpha value is -2.34. The number of aryl methyl sites for hydroxylation is 1. The smallest absolute Gasteiger partial charge is 0.308 e. The van der Waals surface area contributed by atoms with Crippen molar-refractivity contribution in [3.05, 3.63) is 46.2 Å². The number of aliphatic carboxylic acids is 1. The van der Waals surface area contributed by atoms with E-state index in [0.29, 0.717) is 11.4 Å². The number of rotatable bonds is 8. The molecule has 0 aliphatic heterocycles. The summed E-state index contributed by atoms with van der Waals surface area (Å²) in [5, 5.41) is 17.2. The van der Waals surface area contributed by atoms with Gasteiger partial charge in [0.15, 0.2) is 0 Å². The van der Waals surface area contributed by atoms with Crippen LogP contribution < -0.4 is 5.32 Å². The number of amides is 1. The normalized spacial score (nSPS) is 12.2. The Bertz CT molecular complexity index is 813. The van der Waals surface area contributed by atoms with Crippen LogP contribution in [0.1, 0.15) is 37.2 Å². The van der Waals surface area contributed by atoms with Gasteiger partial charge < -0.3 is 10.4 Å². The number of carboxylic acids is 1. The molecule has 0 spiro atoms. The maximum atomic E-state index is 12.4. The van der Waals surface area contributed by atoms with Gasteiger partial charge in [-0.2, -0.15) is 5.10 Å². The molecule has 2 N–H and O–H groups in total. The third-order valence-corrected chi connectivity index (χ3v) is 4.75. The molecule has 0 aliphatic rings. The second-order valence-corrected chi connectivity index (χ2v) is 7.62. The van der Waals surface area contributed by atoms with Crippen LogP contribution >= 0.6 is 11.6 Å². The number of aromatic nitrogens is 2. The van der Waals surface area contributed by atoms with Crippen LogP contribution in [-0.2, 0) is 16.0 Å². The maximum Gasteiger partial charge on any atom is 0.308 e. The zero-order chi connectivity index (χ0) is 20.1. The van der Waals surface area contributed by atoms with Crippen molar-refractivity contribution in [2.24, 2.45) is 11.8 Å². The quantitative estimate of drug-likeness (QED) is 0.720. The number of carbonyl (C=O) groups excluding carboxylic acids is 1. The molecule has 6 nitrogen and oxygen atoms in total. The van der Waals surface area contributed by atoms with Crippen molar-refractivity contribution in [3.63, 3.8) is 0 Å². The molecule has 1 unspecified atom stereocenters. The van der Waals surface area contributed by atoms with E-state index < -0.39 is 11.9 Å². The molecule has 27 heavy (non-hydrogen) atoms. The van der Waals surface area contributed by atoms with E-state index in [1.165, 1.54) is 0 Å². The van der Waals surface area contributed by atoms with E-state index in [2.05, 4.69) is 10.4 Å². The van der Waals surface area contributed by atoms with E-state index in [1.807, 2.05) is 39.8 Å². The van der Waals surface area contributed by atoms with Crippen LogP contribution in [-0.4, -0.2) is 33.3 Å². The fourth-order valence-corrected chi connectivity index (χ4v) is 3.19. The number of carboxylic acid groups (broad SMARTS) is 1. The summed E-state index contributed by atoms with van der Waals surface area (Å²) in [6.07, 6.45) is 0.696. The Kier molecular flexibility index (Phi) is 7.02. The molecular formula is C20H26ClN3O3. The van der Waals surface area contributed by atoms with Gasteiger partial charge in [-0.05, 0) is 50.5 Å². The summed E-state index contributed by atoms with van der Waals surface area (Å²) in [5.41, 5.74) is 3.37. The lowest BCUT2D eigenvalue weighted by Crippen LogP contribution is -2.34. The molecule has 2 aromatic rings. The number of carbonyl (C=O) groups is 2. The van der Waals surface area contributed by atoms with Gasteiger partial charge in [0.1, 0.15) is 0 Å². The molecule has 0 bridgehead atoms. The van der Waals surface area contributed by atoms with Crippen LogP contribution in [0.2, 0.25) is 5.02 Å². The Morgan fingerprint density at radius 1 is 1.22 bits per heavy atom. The second kappa shape index (κ2) is 9.04. The van der Waals surface area contributed by atoms with E-state index in [4.69, 9.17) is 11.6 Å². The Balaban J connectivity index is 2.07. The fourth-order valence-electron chi connectivity index (χ4n) is 3.07. The van der Waals surface area contributed by atoms with Crippen LogP contribution in [0.4, 0.5) is 0 Å². The highest BCUT2D eigenvalue weighted by molar-refractivity contribution is 6.30. The summed E-state index contributed by atoms with van der Waals surface area (Å²) in [5.74, 6) is -1.41. The summed E-state index contributed by atoms with van der Waals surface area (Å²) >= 11 is 5.93. The van der Waals surface area contributed by atoms with Gasteiger partial charge in [0.2, 0.25) is 5.91 Å². The Morgan fingerprint density at radius 2 is 1.85 bits per heavy atom. The molecule has 0 saturated carbocycles. The summed E-state index contributed by atoms with van der Waals surface area (Å²) in [6.45, 7) is 7.85. The van der Waals surface area contributed by atoms with E-state index >= 15 is 0 Å². The summed E-state index contributed by atoms with van der Waals surface area (Å²) < 4.78 is 1.78. The minimum absolute atomic E-state index is 0.135. The monoisotopic (exact) mass is 391 g/mol. The first kappa shape index (κ1) is 21.0. The lowest BCUT2D eigenvalue weighted by Gasteiger charge is -2.15. The van der Waals surface area contributed by atoms with Crippen molar-refractivity contribution in [3.8, 4) is 5.69 Å². The van der Waals surface area contributed by atoms with Crippen molar-refractivity contribution < 1.29 is 14.7 Å². The molecule has 1 atom stereocenters. The summed E-state index contributed by atoms with van der Waals surface area (Å²) in [6, 6.07) is 7.32. The highest BCUT2D eigenvalue weighted by Gasteiger charge is 2.21. The number of nitrogens with one attached hydrogen (secondary N) is 1. The zero-order valence-electron chi connectivity index (χ0n) is 16.1. The average Bonchev–Trinajstić information content (AvgIpc) is 2.87. The zero-order valence-corrected chi connectivity index (χ0v) is 16.9. The van der Waals surface area contributed by atoms with Gasteiger partial charge in [-0.3, -0.25) is 9.59 Å². The van der Waals surface area contributed by atoms with E-state index in [-0.39, 0.29) is 24.8 Å². The van der Waals surface area contributed by atoms with Gasteiger partial charge >= 0.3 is 5.97 Å². The third kappa shape index (κ3) is 5.57. The van der Waals surface area contributed by atoms with Crippen molar-refractivity contribution in [1.82, 2.24) is 15.1 Å². The molecular weight excluding hydrogens is 366 g/mol. The Labute approximate surface area is 164 Å². The predicted molar refractivity (Wildman–Crippen MR) is 105 cm³/mol. The first-order valence-corrected chi connectivity index (χ1v) is 9.37. The number of hydrogen-bond donors (Lipinski definition) is 2. The molecule has 0 fully saturated rings. The molecule has 146 valence electrons. The molecule has 0 aliphatic carbocycles. The van der Waals surface area contributed by atoms with Crippen molar-refractivity contribution in [1.29, 1.82) is 0 Å². The lowest BCUT2D eigenvalue weighted by molar-refractivity contribution is -0.142. The first-order chi connectivity index (χ1) is 12.7. The molecule has 1 heterocycles. The summed E-state index contributed by atoms with van der Waals surface area (Å²) in [7, 11) is 0. The highest BCUT2D eigenvalue weighted by atomic mass is 35.5. The van der Waals surface area contributed by atoms with Crippen LogP contribution in [0.3, 0.4) is 0 Å². The van der Waals surface area contributed by atoms with Crippen LogP contribution in [0, 0.1) is 25.7 Å². The average molecular weight is 392 g/mol. The second-order valence-electron chi connectivity index (χ2n) is 7.18. The molecule has 0 saturated heterocycles. The number of halogens is 1. The number of nitrogens with zero attached hydrogens (tertiary/aromatic N) is 2. The summed E-state index contributed by atoms with van der Waals surface area (Å²) in [4.78, 5) is 23.7. The van der Waals surface area contributed by atoms with Crippen LogP contribution in [0.15, 0.2) is 24.3 Å². The molecule has 2 rings (SSSR count). The largest absolute Gasteiger partial charge is 0.481 e. The third-order valence-electron chi connectivity index (χ3n) is 4.50. The van der Waals surface area contributed by atoms with Gasteiger partial charge in [-0.25, -0.2) is 4.68 Å². The predicted octanol–water partition coefficient (Wildman–Crippen LogP) is 3.55. The minimum Gasteiger partial charge on any atom is -0.481 e. The molecule has 1 aromatic carbocycles. The van der Waals surface area contributed by atoms with E-state index in [0.717, 1.165) is 22.6 Å². The van der Waals surface area contributed by atoms with Gasteiger partial charge in [-0.15, -0.1) is 0 Å². The van der Waals surface area contributed by atoms with Crippen LogP contribution in [0.5, 0.6) is 0 Å². The first-order valence-electron chi connectivity index (χ1n) is 8.99. The maximum absolute atomic E-state index is 12.4. The number of benzene rings is 1. The Morgan fingerprint density at radius 3 is 2.41 bits per heavy atom. The molecule has 0 radical (unpaired) electrons. The minimum atomic E-state index is -0.882. The van der Waals surface area contributed by atoms with Crippen molar-refractivity contribution in [2.45, 2.75) is 40.5 Å². The lowest BCUT2D eigenvalue weighted by atomic mass is 9.97. The van der Waals surface area contributed by atoms with Gasteiger partial charge in [-0.1, -0.05) is 25.4 Å². The fraction of sp³-hybridized carbons (Fsp3) is 0.450. The van der Waals surface area contributed by atoms with Crippen molar-refractivity contribution >= 4 is 23.5 Å². The number of hydrogen-bond acceptors (Lipinski definition) is 3. The van der Waals surface area contributed by atoms with Crippen LogP contribution in [0.25, 0.3) is 5.69 Å². The standard InChI is InChI=1S/C20H26ClN3O3/c1-12(2)9-15(20(26)27)11-22-19(25)10-18-13(3)23-24(14(18)4)17-7-5-16(21)6-8-17/h5-8,12,15H,9-11H2,1-4H3,(H,22,25)(H,26,27). The molecule has 7 heteroatoms. The van der Waals surface area contributed by atoms with Crippen molar-refractivity contribution in [2.75, 3.05) is 6.54 Å². The molecule has 1 aromatic heterocycles. The van der Waals surface area contributed by atoms with E-state index in [9.17, 15) is 14.7 Å². The molecule has 1 amide bonds. The van der Waals surface area contributed by atoms with E-state index in [1.54, 1.807) is 16.8 Å². The van der Waals surface area contributed by atoms with Gasteiger partial charge in [0.25, 0.3) is 0 Å².